The zero-order valence-electron chi connectivity index (χ0n) is 9.72. The topological polar surface area (TPSA) is 55.5 Å². The van der Waals surface area contributed by atoms with Gasteiger partial charge in [0.2, 0.25) is 0 Å². The van der Waals surface area contributed by atoms with Crippen LogP contribution in [0.1, 0.15) is 12.3 Å². The molecule has 17 heavy (non-hydrogen) atoms. The van der Waals surface area contributed by atoms with Crippen molar-refractivity contribution < 1.29 is 14.3 Å². The lowest BCUT2D eigenvalue weighted by molar-refractivity contribution is 0.283. The fourth-order valence-corrected chi connectivity index (χ4v) is 1.63. The Morgan fingerprint density at radius 1 is 1.35 bits per heavy atom. The minimum atomic E-state index is 0.145. The summed E-state index contributed by atoms with van der Waals surface area (Å²) in [5.41, 5.74) is 0.887. The number of aliphatic hydroxyl groups excluding tert-OH is 1. The van der Waals surface area contributed by atoms with Crippen molar-refractivity contribution in [2.45, 2.75) is 12.8 Å². The maximum absolute atomic E-state index is 8.74. The molecule has 90 valence electrons. The molecule has 0 aliphatic heterocycles. The fourth-order valence-electron chi connectivity index (χ4n) is 1.63. The van der Waals surface area contributed by atoms with E-state index in [2.05, 4.69) is 4.98 Å². The van der Waals surface area contributed by atoms with Gasteiger partial charge in [-0.25, -0.2) is 4.98 Å². The number of benzene rings is 1. The Balaban J connectivity index is 2.24. The molecule has 0 bridgehead atoms. The van der Waals surface area contributed by atoms with Crippen molar-refractivity contribution in [2.75, 3.05) is 13.7 Å². The zero-order valence-corrected chi connectivity index (χ0v) is 9.72. The SMILES string of the molecule is COc1ccccc1-c1cnc(CCCO)o1. The number of methoxy groups -OCH3 is 1. The Morgan fingerprint density at radius 2 is 2.18 bits per heavy atom. The van der Waals surface area contributed by atoms with E-state index in [0.717, 1.165) is 11.3 Å². The standard InChI is InChI=1S/C13H15NO3/c1-16-11-6-3-2-5-10(11)12-9-14-13(17-12)7-4-8-15/h2-3,5-6,9,15H,4,7-8H2,1H3. The average Bonchev–Trinajstić information content (AvgIpc) is 2.85. The van der Waals surface area contributed by atoms with Crippen LogP contribution in [0.25, 0.3) is 11.3 Å². The van der Waals surface area contributed by atoms with Gasteiger partial charge in [-0.2, -0.15) is 0 Å². The summed E-state index contributed by atoms with van der Waals surface area (Å²) >= 11 is 0. The normalized spacial score (nSPS) is 10.5. The highest BCUT2D eigenvalue weighted by atomic mass is 16.5. The molecule has 0 aliphatic carbocycles. The lowest BCUT2D eigenvalue weighted by Crippen LogP contribution is -1.88. The molecule has 4 heteroatoms. The van der Waals surface area contributed by atoms with Crippen molar-refractivity contribution in [1.29, 1.82) is 0 Å². The molecule has 0 unspecified atom stereocenters. The molecule has 1 aromatic carbocycles. The first kappa shape index (κ1) is 11.7. The molecule has 1 aromatic heterocycles. The summed E-state index contributed by atoms with van der Waals surface area (Å²) in [5.74, 6) is 2.09. The molecule has 0 saturated carbocycles. The predicted molar refractivity (Wildman–Crippen MR) is 63.9 cm³/mol. The number of oxazole rings is 1. The van der Waals surface area contributed by atoms with Crippen LogP contribution in [0.15, 0.2) is 34.9 Å². The van der Waals surface area contributed by atoms with Crippen LogP contribution in [-0.4, -0.2) is 23.8 Å². The van der Waals surface area contributed by atoms with Gasteiger partial charge in [0, 0.05) is 13.0 Å². The molecule has 0 fully saturated rings. The Kier molecular flexibility index (Phi) is 3.77. The first-order valence-corrected chi connectivity index (χ1v) is 5.54. The molecular weight excluding hydrogens is 218 g/mol. The summed E-state index contributed by atoms with van der Waals surface area (Å²) in [6.45, 7) is 0.145. The van der Waals surface area contributed by atoms with E-state index in [1.165, 1.54) is 0 Å². The number of hydrogen-bond acceptors (Lipinski definition) is 4. The van der Waals surface area contributed by atoms with E-state index in [4.69, 9.17) is 14.3 Å². The number of aryl methyl sites for hydroxylation is 1. The van der Waals surface area contributed by atoms with E-state index in [1.54, 1.807) is 13.3 Å². The molecule has 1 N–H and O–H groups in total. The highest BCUT2D eigenvalue weighted by Gasteiger charge is 2.10. The van der Waals surface area contributed by atoms with Crippen LogP contribution in [-0.2, 0) is 6.42 Å². The van der Waals surface area contributed by atoms with Crippen LogP contribution < -0.4 is 4.74 Å². The first-order valence-electron chi connectivity index (χ1n) is 5.54. The predicted octanol–water partition coefficient (Wildman–Crippen LogP) is 2.28. The summed E-state index contributed by atoms with van der Waals surface area (Å²) in [7, 11) is 1.63. The molecule has 0 spiro atoms. The minimum Gasteiger partial charge on any atom is -0.496 e. The maximum Gasteiger partial charge on any atom is 0.194 e. The Hall–Kier alpha value is -1.81. The van der Waals surface area contributed by atoms with Crippen molar-refractivity contribution >= 4 is 0 Å². The summed E-state index contributed by atoms with van der Waals surface area (Å²) in [5, 5.41) is 8.74. The summed E-state index contributed by atoms with van der Waals surface area (Å²) in [4.78, 5) is 4.17. The molecule has 0 radical (unpaired) electrons. The Bertz CT molecular complexity index is 479. The van der Waals surface area contributed by atoms with E-state index >= 15 is 0 Å². The molecule has 0 saturated heterocycles. The van der Waals surface area contributed by atoms with Crippen molar-refractivity contribution in [3.63, 3.8) is 0 Å². The van der Waals surface area contributed by atoms with Crippen molar-refractivity contribution in [1.82, 2.24) is 4.98 Å². The highest BCUT2D eigenvalue weighted by Crippen LogP contribution is 2.29. The third-order valence-corrected chi connectivity index (χ3v) is 2.47. The van der Waals surface area contributed by atoms with Crippen LogP contribution in [0.4, 0.5) is 0 Å². The van der Waals surface area contributed by atoms with E-state index in [0.29, 0.717) is 24.5 Å². The molecule has 0 aliphatic rings. The number of nitrogens with zero attached hydrogens (tertiary/aromatic N) is 1. The van der Waals surface area contributed by atoms with Gasteiger partial charge in [0.1, 0.15) is 5.75 Å². The summed E-state index contributed by atoms with van der Waals surface area (Å²) in [6, 6.07) is 7.64. The van der Waals surface area contributed by atoms with Gasteiger partial charge in [0.25, 0.3) is 0 Å². The number of aromatic nitrogens is 1. The molecule has 0 amide bonds. The number of para-hydroxylation sites is 1. The smallest absolute Gasteiger partial charge is 0.194 e. The molecule has 1 heterocycles. The Labute approximate surface area is 99.9 Å². The Morgan fingerprint density at radius 3 is 2.94 bits per heavy atom. The molecule has 2 rings (SSSR count). The van der Waals surface area contributed by atoms with Crippen molar-refractivity contribution in [3.05, 3.63) is 36.4 Å². The van der Waals surface area contributed by atoms with Gasteiger partial charge in [-0.15, -0.1) is 0 Å². The fraction of sp³-hybridized carbons (Fsp3) is 0.308. The quantitative estimate of drug-likeness (QED) is 0.860. The number of ether oxygens (including phenoxy) is 1. The average molecular weight is 233 g/mol. The van der Waals surface area contributed by atoms with Gasteiger partial charge in [-0.1, -0.05) is 12.1 Å². The highest BCUT2D eigenvalue weighted by molar-refractivity contribution is 5.64. The number of hydrogen-bond donors (Lipinski definition) is 1. The maximum atomic E-state index is 8.74. The summed E-state index contributed by atoms with van der Waals surface area (Å²) < 4.78 is 10.9. The minimum absolute atomic E-state index is 0.145. The van der Waals surface area contributed by atoms with Gasteiger partial charge in [-0.3, -0.25) is 0 Å². The van der Waals surface area contributed by atoms with Crippen LogP contribution in [0.3, 0.4) is 0 Å². The van der Waals surface area contributed by atoms with E-state index in [1.807, 2.05) is 24.3 Å². The molecule has 4 nitrogen and oxygen atoms in total. The van der Waals surface area contributed by atoms with E-state index in [9.17, 15) is 0 Å². The second-order valence-corrected chi connectivity index (χ2v) is 3.65. The van der Waals surface area contributed by atoms with Crippen LogP contribution in [0.2, 0.25) is 0 Å². The second kappa shape index (κ2) is 5.50. The van der Waals surface area contributed by atoms with E-state index < -0.39 is 0 Å². The van der Waals surface area contributed by atoms with Gasteiger partial charge < -0.3 is 14.3 Å². The summed E-state index contributed by atoms with van der Waals surface area (Å²) in [6.07, 6.45) is 2.99. The van der Waals surface area contributed by atoms with Crippen molar-refractivity contribution in [3.8, 4) is 17.1 Å². The van der Waals surface area contributed by atoms with Crippen LogP contribution in [0, 0.1) is 0 Å². The zero-order chi connectivity index (χ0) is 12.1. The molecule has 2 aromatic rings. The van der Waals surface area contributed by atoms with Gasteiger partial charge >= 0.3 is 0 Å². The monoisotopic (exact) mass is 233 g/mol. The third-order valence-electron chi connectivity index (χ3n) is 2.47. The third kappa shape index (κ3) is 2.65. The van der Waals surface area contributed by atoms with Crippen molar-refractivity contribution in [2.24, 2.45) is 0 Å². The second-order valence-electron chi connectivity index (χ2n) is 3.65. The van der Waals surface area contributed by atoms with Gasteiger partial charge in [0.15, 0.2) is 11.7 Å². The lowest BCUT2D eigenvalue weighted by Gasteiger charge is -2.04. The van der Waals surface area contributed by atoms with Gasteiger partial charge in [0.05, 0.1) is 18.9 Å². The largest absolute Gasteiger partial charge is 0.496 e. The van der Waals surface area contributed by atoms with E-state index in [-0.39, 0.29) is 6.61 Å². The lowest BCUT2D eigenvalue weighted by atomic mass is 10.1. The van der Waals surface area contributed by atoms with Crippen LogP contribution >= 0.6 is 0 Å². The number of rotatable bonds is 5. The molecule has 0 atom stereocenters. The first-order chi connectivity index (χ1) is 8.35. The van der Waals surface area contributed by atoms with Gasteiger partial charge in [-0.05, 0) is 18.6 Å². The van der Waals surface area contributed by atoms with Crippen LogP contribution in [0.5, 0.6) is 5.75 Å². The number of aliphatic hydroxyl groups is 1. The molecular formula is C13H15NO3.